The second-order valence-corrected chi connectivity index (χ2v) is 10.1. The third-order valence-corrected chi connectivity index (χ3v) is 8.17. The van der Waals surface area contributed by atoms with Crippen molar-refractivity contribution in [3.63, 3.8) is 0 Å². The van der Waals surface area contributed by atoms with Gasteiger partial charge in [0.1, 0.15) is 5.92 Å². The maximum absolute atomic E-state index is 13.7. The monoisotopic (exact) mass is 516 g/mol. The number of methoxy groups -OCH3 is 1. The van der Waals surface area contributed by atoms with Gasteiger partial charge in [-0.2, -0.15) is 11.4 Å². The van der Waals surface area contributed by atoms with E-state index in [0.717, 1.165) is 56.6 Å². The fourth-order valence-electron chi connectivity index (χ4n) is 5.84. The number of esters is 1. The van der Waals surface area contributed by atoms with Gasteiger partial charge >= 0.3 is 29.0 Å². The summed E-state index contributed by atoms with van der Waals surface area (Å²) in [6, 6.07) is 3.96. The van der Waals surface area contributed by atoms with Crippen LogP contribution in [0.25, 0.3) is 29.1 Å². The molecule has 3 aromatic heterocycles. The van der Waals surface area contributed by atoms with E-state index in [2.05, 4.69) is 27.7 Å². The number of nitrogens with zero attached hydrogens (tertiary/aromatic N) is 4. The molecule has 0 spiro atoms. The van der Waals surface area contributed by atoms with Crippen molar-refractivity contribution < 1.29 is 14.3 Å². The van der Waals surface area contributed by atoms with Gasteiger partial charge in [-0.1, -0.05) is 73.4 Å². The summed E-state index contributed by atoms with van der Waals surface area (Å²) in [6.07, 6.45) is 6.77. The summed E-state index contributed by atoms with van der Waals surface area (Å²) in [7, 11) is 1.31. The van der Waals surface area contributed by atoms with E-state index < -0.39 is 11.9 Å². The molecule has 8 heteroatoms. The van der Waals surface area contributed by atoms with E-state index in [-0.39, 0.29) is 40.7 Å². The number of aromatic nitrogens is 3. The average molecular weight is 517 g/mol. The van der Waals surface area contributed by atoms with Crippen molar-refractivity contribution in [2.24, 2.45) is 17.8 Å². The SMILES string of the molecule is CCc1c(C)/c2[n-]/c1=C\c1[n-]c3c(c1C)C(=O)[C@H](C(=O)OC)/C3=C1/[N-]/C(=C\c3ccc([n-]3)\C=2)[C@@H](C)[C@@H]1C.[Mg+2]. The fraction of sp³-hybridized carbons (Fsp3) is 0.333. The van der Waals surface area contributed by atoms with Crippen LogP contribution in [-0.4, -0.2) is 41.9 Å². The van der Waals surface area contributed by atoms with Crippen molar-refractivity contribution in [2.75, 3.05) is 7.11 Å². The first kappa shape index (κ1) is 26.4. The van der Waals surface area contributed by atoms with E-state index in [1.54, 1.807) is 0 Å². The van der Waals surface area contributed by atoms with Crippen LogP contribution in [0, 0.1) is 31.6 Å². The Labute approximate surface area is 237 Å². The molecule has 0 radical (unpaired) electrons. The summed E-state index contributed by atoms with van der Waals surface area (Å²) in [4.78, 5) is 41.3. The standard InChI is InChI=1S/C30H29N4O3.Mg/c1-7-19-15(4)21-11-18-9-8-17(31-18)10-20-13(2)14(3)27(33-20)25-26(30(36)37-6)29(35)24-16(5)22(34-28(24)25)12-23(19)32-21;/h8-14,26H,7H2,1-6H3,(H-,33,34,35);/q-3;+2/p-1/b20-10-,21-11-,23-12-;/t13-,14-,26+;/m0./s1. The van der Waals surface area contributed by atoms with Gasteiger partial charge in [0.25, 0.3) is 0 Å². The van der Waals surface area contributed by atoms with E-state index in [0.29, 0.717) is 22.5 Å². The molecule has 0 unspecified atom stereocenters. The number of allylic oxidation sites excluding steroid dienone is 2. The van der Waals surface area contributed by atoms with E-state index in [1.165, 1.54) is 7.11 Å². The Bertz CT molecular complexity index is 1680. The number of carbonyl (C=O) groups excluding carboxylic acids is 2. The van der Waals surface area contributed by atoms with Gasteiger partial charge in [0.15, 0.2) is 5.78 Å². The molecule has 1 saturated heterocycles. The number of Topliss-reactive ketones (excluding diaryl/α,β-unsaturated/α-hetero) is 1. The average Bonchev–Trinajstić information content (AvgIpc) is 3.64. The second kappa shape index (κ2) is 9.50. The Kier molecular flexibility index (Phi) is 6.60. The topological polar surface area (TPSA) is 99.8 Å². The van der Waals surface area contributed by atoms with Crippen LogP contribution in [0.1, 0.15) is 70.6 Å². The first-order valence-corrected chi connectivity index (χ1v) is 12.7. The summed E-state index contributed by atoms with van der Waals surface area (Å²) < 4.78 is 5.08. The number of ether oxygens (including phenoxy) is 1. The fourth-order valence-corrected chi connectivity index (χ4v) is 5.84. The molecule has 0 amide bonds. The summed E-state index contributed by atoms with van der Waals surface area (Å²) in [5, 5.41) is 6.70. The Morgan fingerprint density at radius 2 is 1.66 bits per heavy atom. The summed E-state index contributed by atoms with van der Waals surface area (Å²) in [5.41, 5.74) is 8.51. The molecule has 190 valence electrons. The molecule has 2 aliphatic heterocycles. The molecule has 0 saturated carbocycles. The van der Waals surface area contributed by atoms with Gasteiger partial charge in [-0.05, 0) is 32.1 Å². The van der Waals surface area contributed by atoms with Crippen molar-refractivity contribution >= 4 is 58.6 Å². The van der Waals surface area contributed by atoms with Gasteiger partial charge in [0.05, 0.1) is 7.11 Å². The first-order chi connectivity index (χ1) is 17.7. The van der Waals surface area contributed by atoms with E-state index >= 15 is 0 Å². The summed E-state index contributed by atoms with van der Waals surface area (Å²) in [6.45, 7) is 10.3. The molecule has 8 bridgehead atoms. The molecule has 38 heavy (non-hydrogen) atoms. The van der Waals surface area contributed by atoms with Crippen LogP contribution in [0.15, 0.2) is 23.5 Å². The van der Waals surface area contributed by atoms with E-state index in [1.807, 2.05) is 37.3 Å². The van der Waals surface area contributed by atoms with Crippen molar-refractivity contribution in [3.05, 3.63) is 84.6 Å². The smallest absolute Gasteiger partial charge is 0.664 e. The number of rotatable bonds is 2. The quantitative estimate of drug-likeness (QED) is 0.295. The zero-order valence-electron chi connectivity index (χ0n) is 22.5. The Hall–Kier alpha value is -3.23. The molecule has 3 aromatic rings. The molecule has 1 aliphatic carbocycles. The van der Waals surface area contributed by atoms with Crippen molar-refractivity contribution in [3.8, 4) is 0 Å². The summed E-state index contributed by atoms with van der Waals surface area (Å²) >= 11 is 0. The van der Waals surface area contributed by atoms with Crippen LogP contribution in [0.5, 0.6) is 0 Å². The summed E-state index contributed by atoms with van der Waals surface area (Å²) in [5.74, 6) is -1.85. The van der Waals surface area contributed by atoms with Gasteiger partial charge < -0.3 is 25.0 Å². The number of ketones is 1. The molecule has 3 atom stereocenters. The zero-order valence-corrected chi connectivity index (χ0v) is 24.0. The van der Waals surface area contributed by atoms with Crippen LogP contribution < -0.4 is 25.7 Å². The zero-order chi connectivity index (χ0) is 26.2. The molecule has 0 N–H and O–H groups in total. The minimum atomic E-state index is -1.06. The number of fused-ring (bicyclic) bond motifs is 7. The molecule has 6 rings (SSSR count). The Balaban J connectivity index is 0.00000294. The molecule has 7 nitrogen and oxygen atoms in total. The van der Waals surface area contributed by atoms with E-state index in [9.17, 15) is 9.59 Å². The predicted molar refractivity (Wildman–Crippen MR) is 147 cm³/mol. The molecular weight excluding hydrogens is 489 g/mol. The molecule has 1 fully saturated rings. The van der Waals surface area contributed by atoms with Gasteiger partial charge in [-0.15, -0.1) is 33.5 Å². The first-order valence-electron chi connectivity index (χ1n) is 12.7. The molecule has 3 aliphatic rings. The minimum Gasteiger partial charge on any atom is -0.664 e. The van der Waals surface area contributed by atoms with Gasteiger partial charge in [-0.25, -0.2) is 0 Å². The largest absolute Gasteiger partial charge is 2.00 e. The van der Waals surface area contributed by atoms with Crippen molar-refractivity contribution in [2.45, 2.75) is 41.0 Å². The minimum absolute atomic E-state index is 0. The maximum atomic E-state index is 13.7. The van der Waals surface area contributed by atoms with Crippen LogP contribution >= 0.6 is 0 Å². The third-order valence-electron chi connectivity index (χ3n) is 8.17. The molecule has 5 heterocycles. The van der Waals surface area contributed by atoms with Gasteiger partial charge in [0, 0.05) is 5.56 Å². The predicted octanol–water partition coefficient (Wildman–Crippen LogP) is 2.72. The Morgan fingerprint density at radius 3 is 2.34 bits per heavy atom. The molecular formula is C30H28MgN4O3-2. The van der Waals surface area contributed by atoms with Crippen LogP contribution in [0.4, 0.5) is 0 Å². The normalized spacial score (nSPS) is 26.4. The van der Waals surface area contributed by atoms with Crippen molar-refractivity contribution in [1.82, 2.24) is 15.0 Å². The van der Waals surface area contributed by atoms with Gasteiger partial charge in [-0.3, -0.25) is 9.59 Å². The number of carbonyl (C=O) groups is 2. The number of hydrogen-bond acceptors (Lipinski definition) is 3. The van der Waals surface area contributed by atoms with Crippen LogP contribution in [0.3, 0.4) is 0 Å². The van der Waals surface area contributed by atoms with Crippen LogP contribution in [-0.2, 0) is 16.0 Å². The number of hydrogen-bond donors (Lipinski definition) is 0. The maximum Gasteiger partial charge on any atom is 2.00 e. The van der Waals surface area contributed by atoms with Gasteiger partial charge in [0.2, 0.25) is 0 Å². The third kappa shape index (κ3) is 3.76. The van der Waals surface area contributed by atoms with Crippen molar-refractivity contribution in [1.29, 1.82) is 0 Å². The molecule has 0 aromatic carbocycles. The van der Waals surface area contributed by atoms with Crippen LogP contribution in [0.2, 0.25) is 0 Å². The second-order valence-electron chi connectivity index (χ2n) is 10.1. The Morgan fingerprint density at radius 1 is 0.947 bits per heavy atom. The van der Waals surface area contributed by atoms with E-state index in [4.69, 9.17) is 25.0 Å².